The zero-order chi connectivity index (χ0) is 12.3. The Balaban J connectivity index is 2.38. The molecule has 0 unspecified atom stereocenters. The van der Waals surface area contributed by atoms with Crippen LogP contribution in [0.25, 0.3) is 0 Å². The van der Waals surface area contributed by atoms with Gasteiger partial charge in [0.05, 0.1) is 10.7 Å². The molecule has 2 nitrogen and oxygen atoms in total. The van der Waals surface area contributed by atoms with Crippen molar-refractivity contribution in [2.24, 2.45) is 10.7 Å². The average molecular weight is 265 g/mol. The number of hydrogen-bond acceptors (Lipinski definition) is 1. The summed E-state index contributed by atoms with van der Waals surface area (Å²) in [4.78, 5) is 4.28. The first-order valence-electron chi connectivity index (χ1n) is 5.01. The Bertz CT molecular complexity index is 565. The lowest BCUT2D eigenvalue weighted by Crippen LogP contribution is -2.13. The second kappa shape index (κ2) is 5.21. The van der Waals surface area contributed by atoms with Crippen LogP contribution in [0, 0.1) is 0 Å². The maximum atomic E-state index is 6.03. The van der Waals surface area contributed by atoms with Gasteiger partial charge in [-0.3, -0.25) is 0 Å². The van der Waals surface area contributed by atoms with E-state index in [4.69, 9.17) is 28.9 Å². The maximum Gasteiger partial charge on any atom is 0.132 e. The molecule has 0 aromatic heterocycles. The topological polar surface area (TPSA) is 38.4 Å². The molecular formula is C13H10Cl2N2. The zero-order valence-corrected chi connectivity index (χ0v) is 10.4. The largest absolute Gasteiger partial charge is 0.383 e. The molecule has 0 aliphatic rings. The van der Waals surface area contributed by atoms with Gasteiger partial charge in [0.15, 0.2) is 0 Å². The second-order valence-corrected chi connectivity index (χ2v) is 4.30. The number of nitrogens with zero attached hydrogens (tertiary/aromatic N) is 1. The number of rotatable bonds is 2. The van der Waals surface area contributed by atoms with E-state index in [0.717, 1.165) is 0 Å². The zero-order valence-electron chi connectivity index (χ0n) is 8.90. The summed E-state index contributed by atoms with van der Waals surface area (Å²) in [7, 11) is 0. The molecule has 0 spiro atoms. The molecule has 2 aromatic rings. The summed E-state index contributed by atoms with van der Waals surface area (Å²) in [6.07, 6.45) is 0. The van der Waals surface area contributed by atoms with Gasteiger partial charge in [0, 0.05) is 10.6 Å². The van der Waals surface area contributed by atoms with Gasteiger partial charge in [-0.2, -0.15) is 0 Å². The van der Waals surface area contributed by atoms with Crippen molar-refractivity contribution < 1.29 is 0 Å². The number of hydrogen-bond donors (Lipinski definition) is 1. The summed E-state index contributed by atoms with van der Waals surface area (Å²) < 4.78 is 0. The van der Waals surface area contributed by atoms with Crippen molar-refractivity contribution in [1.82, 2.24) is 0 Å². The second-order valence-electron chi connectivity index (χ2n) is 3.46. The molecule has 2 aromatic carbocycles. The molecule has 0 radical (unpaired) electrons. The highest BCUT2D eigenvalue weighted by molar-refractivity contribution is 6.34. The van der Waals surface area contributed by atoms with Gasteiger partial charge in [0.2, 0.25) is 0 Å². The number of aliphatic imine (C=N–C) groups is 1. The summed E-state index contributed by atoms with van der Waals surface area (Å²) in [6, 6.07) is 14.5. The molecule has 0 saturated heterocycles. The molecule has 0 bridgehead atoms. The fourth-order valence-electron chi connectivity index (χ4n) is 1.41. The van der Waals surface area contributed by atoms with E-state index in [1.54, 1.807) is 18.2 Å². The van der Waals surface area contributed by atoms with Crippen LogP contribution in [0.1, 0.15) is 5.56 Å². The molecule has 0 amide bonds. The van der Waals surface area contributed by atoms with E-state index >= 15 is 0 Å². The van der Waals surface area contributed by atoms with Gasteiger partial charge in [-0.05, 0) is 30.3 Å². The normalized spacial score (nSPS) is 11.5. The van der Waals surface area contributed by atoms with Crippen LogP contribution in [-0.2, 0) is 0 Å². The van der Waals surface area contributed by atoms with Gasteiger partial charge in [0.1, 0.15) is 5.84 Å². The van der Waals surface area contributed by atoms with Crippen molar-refractivity contribution in [1.29, 1.82) is 0 Å². The van der Waals surface area contributed by atoms with Gasteiger partial charge in [-0.25, -0.2) is 4.99 Å². The SMILES string of the molecule is NC(=Nc1cccc(Cl)c1)c1ccccc1Cl. The highest BCUT2D eigenvalue weighted by atomic mass is 35.5. The molecule has 0 fully saturated rings. The number of halogens is 2. The van der Waals surface area contributed by atoms with E-state index in [1.807, 2.05) is 30.3 Å². The van der Waals surface area contributed by atoms with E-state index in [-0.39, 0.29) is 0 Å². The highest BCUT2D eigenvalue weighted by Gasteiger charge is 2.03. The van der Waals surface area contributed by atoms with Crippen molar-refractivity contribution in [2.45, 2.75) is 0 Å². The first-order valence-corrected chi connectivity index (χ1v) is 5.77. The Morgan fingerprint density at radius 3 is 2.47 bits per heavy atom. The van der Waals surface area contributed by atoms with Crippen LogP contribution >= 0.6 is 23.2 Å². The van der Waals surface area contributed by atoms with Gasteiger partial charge in [-0.15, -0.1) is 0 Å². The predicted octanol–water partition coefficient (Wildman–Crippen LogP) is 4.03. The van der Waals surface area contributed by atoms with Crippen LogP contribution in [0.4, 0.5) is 5.69 Å². The standard InChI is InChI=1S/C13H10Cl2N2/c14-9-4-3-5-10(8-9)17-13(16)11-6-1-2-7-12(11)15/h1-8H,(H2,16,17). The van der Waals surface area contributed by atoms with Gasteiger partial charge < -0.3 is 5.73 Å². The van der Waals surface area contributed by atoms with Crippen molar-refractivity contribution in [3.8, 4) is 0 Å². The van der Waals surface area contributed by atoms with Crippen molar-refractivity contribution in [2.75, 3.05) is 0 Å². The summed E-state index contributed by atoms with van der Waals surface area (Å²) in [6.45, 7) is 0. The Kier molecular flexibility index (Phi) is 3.67. The fourth-order valence-corrected chi connectivity index (χ4v) is 1.83. The van der Waals surface area contributed by atoms with Crippen LogP contribution in [0.15, 0.2) is 53.5 Å². The van der Waals surface area contributed by atoms with Crippen molar-refractivity contribution in [3.63, 3.8) is 0 Å². The smallest absolute Gasteiger partial charge is 0.132 e. The molecule has 2 N–H and O–H groups in total. The average Bonchev–Trinajstić information content (AvgIpc) is 2.29. The van der Waals surface area contributed by atoms with Crippen LogP contribution in [0.2, 0.25) is 10.0 Å². The monoisotopic (exact) mass is 264 g/mol. The Morgan fingerprint density at radius 2 is 1.76 bits per heavy atom. The minimum atomic E-state index is 0.373. The first-order chi connectivity index (χ1) is 8.16. The third-order valence-corrected chi connectivity index (χ3v) is 2.77. The van der Waals surface area contributed by atoms with E-state index < -0.39 is 0 Å². The molecule has 0 atom stereocenters. The summed E-state index contributed by atoms with van der Waals surface area (Å²) in [5.74, 6) is 0.373. The molecule has 0 heterocycles. The Morgan fingerprint density at radius 1 is 1.00 bits per heavy atom. The van der Waals surface area contributed by atoms with Gasteiger partial charge >= 0.3 is 0 Å². The molecular weight excluding hydrogens is 255 g/mol. The molecule has 0 saturated carbocycles. The van der Waals surface area contributed by atoms with Crippen LogP contribution in [-0.4, -0.2) is 5.84 Å². The maximum absolute atomic E-state index is 6.03. The lowest BCUT2D eigenvalue weighted by molar-refractivity contribution is 1.45. The summed E-state index contributed by atoms with van der Waals surface area (Å²) in [5, 5.41) is 1.20. The molecule has 2 rings (SSSR count). The third-order valence-electron chi connectivity index (χ3n) is 2.21. The molecule has 4 heteroatoms. The van der Waals surface area contributed by atoms with E-state index in [2.05, 4.69) is 4.99 Å². The van der Waals surface area contributed by atoms with E-state index in [9.17, 15) is 0 Å². The van der Waals surface area contributed by atoms with Crippen LogP contribution in [0.5, 0.6) is 0 Å². The van der Waals surface area contributed by atoms with E-state index in [1.165, 1.54) is 0 Å². The molecule has 0 aliphatic heterocycles. The lowest BCUT2D eigenvalue weighted by Gasteiger charge is -2.03. The summed E-state index contributed by atoms with van der Waals surface area (Å²) >= 11 is 11.9. The highest BCUT2D eigenvalue weighted by Crippen LogP contribution is 2.20. The van der Waals surface area contributed by atoms with Crippen molar-refractivity contribution in [3.05, 3.63) is 64.1 Å². The predicted molar refractivity (Wildman–Crippen MR) is 73.3 cm³/mol. The number of amidine groups is 1. The lowest BCUT2D eigenvalue weighted by atomic mass is 10.2. The quantitative estimate of drug-likeness (QED) is 0.646. The Labute approximate surface area is 110 Å². The van der Waals surface area contributed by atoms with Gasteiger partial charge in [0.25, 0.3) is 0 Å². The third kappa shape index (κ3) is 2.99. The van der Waals surface area contributed by atoms with Gasteiger partial charge in [-0.1, -0.05) is 41.4 Å². The molecule has 86 valence electrons. The molecule has 17 heavy (non-hydrogen) atoms. The number of benzene rings is 2. The fraction of sp³-hybridized carbons (Fsp3) is 0. The molecule has 0 aliphatic carbocycles. The van der Waals surface area contributed by atoms with Crippen LogP contribution in [0.3, 0.4) is 0 Å². The number of nitrogens with two attached hydrogens (primary N) is 1. The first kappa shape index (κ1) is 12.0. The minimum Gasteiger partial charge on any atom is -0.383 e. The Hall–Kier alpha value is -1.51. The van der Waals surface area contributed by atoms with E-state index in [0.29, 0.717) is 27.1 Å². The van der Waals surface area contributed by atoms with Crippen LogP contribution < -0.4 is 5.73 Å². The van der Waals surface area contributed by atoms with Crippen molar-refractivity contribution >= 4 is 34.7 Å². The minimum absolute atomic E-state index is 0.373. The summed E-state index contributed by atoms with van der Waals surface area (Å²) in [5.41, 5.74) is 7.32.